The first-order valence-electron chi connectivity index (χ1n) is 4.94. The molecule has 0 saturated carbocycles. The van der Waals surface area contributed by atoms with Gasteiger partial charge in [0.25, 0.3) is 0 Å². The summed E-state index contributed by atoms with van der Waals surface area (Å²) >= 11 is 9.67. The molecule has 0 radical (unpaired) electrons. The van der Waals surface area contributed by atoms with Crippen LogP contribution in [0.5, 0.6) is 0 Å². The smallest absolute Gasteiger partial charge is 0.196 e. The van der Waals surface area contributed by atoms with Gasteiger partial charge in [0.2, 0.25) is 0 Å². The molecule has 2 rings (SSSR count). The van der Waals surface area contributed by atoms with E-state index in [-0.39, 0.29) is 15.8 Å². The lowest BCUT2D eigenvalue weighted by Crippen LogP contribution is -2.04. The first kappa shape index (κ1) is 13.9. The van der Waals surface area contributed by atoms with E-state index in [0.29, 0.717) is 5.56 Å². The van der Waals surface area contributed by atoms with E-state index in [1.165, 1.54) is 6.07 Å². The summed E-state index contributed by atoms with van der Waals surface area (Å²) in [5, 5.41) is 0. The van der Waals surface area contributed by atoms with Crippen LogP contribution in [0, 0.1) is 5.82 Å². The van der Waals surface area contributed by atoms with Crippen LogP contribution >= 0.6 is 47.8 Å². The van der Waals surface area contributed by atoms with Gasteiger partial charge >= 0.3 is 0 Å². The Morgan fingerprint density at radius 2 is 1.61 bits per heavy atom. The molecule has 0 aliphatic rings. The van der Waals surface area contributed by atoms with E-state index < -0.39 is 5.82 Å². The zero-order chi connectivity index (χ0) is 13.3. The van der Waals surface area contributed by atoms with E-state index >= 15 is 0 Å². The van der Waals surface area contributed by atoms with Gasteiger partial charge in [-0.15, -0.1) is 0 Å². The second-order valence-electron chi connectivity index (χ2n) is 3.59. The second kappa shape index (κ2) is 5.63. The number of ketones is 1. The first-order valence-corrected chi connectivity index (χ1v) is 7.32. The van der Waals surface area contributed by atoms with Gasteiger partial charge in [-0.25, -0.2) is 4.39 Å². The Labute approximate surface area is 129 Å². The predicted octanol–water partition coefficient (Wildman–Crippen LogP) is 5.34. The topological polar surface area (TPSA) is 17.1 Å². The van der Waals surface area contributed by atoms with Gasteiger partial charge in [0.05, 0.1) is 10.0 Å². The summed E-state index contributed by atoms with van der Waals surface area (Å²) in [6, 6.07) is 9.79. The average molecular weight is 437 g/mol. The predicted molar refractivity (Wildman–Crippen MR) is 79.4 cm³/mol. The number of carbonyl (C=O) groups excluding carboxylic acids is 1. The molecule has 5 heteroatoms. The van der Waals surface area contributed by atoms with Crippen LogP contribution in [0.25, 0.3) is 0 Å². The first-order chi connectivity index (χ1) is 8.49. The minimum absolute atomic E-state index is 0.0503. The van der Waals surface area contributed by atoms with Gasteiger partial charge in [-0.3, -0.25) is 4.79 Å². The number of hydrogen-bond donors (Lipinski definition) is 0. The Balaban J connectivity index is 2.51. The molecule has 0 aliphatic heterocycles. The Morgan fingerprint density at radius 1 is 1.00 bits per heavy atom. The zero-order valence-electron chi connectivity index (χ0n) is 8.88. The number of halogens is 4. The van der Waals surface area contributed by atoms with Gasteiger partial charge in [0.1, 0.15) is 5.82 Å². The molecule has 18 heavy (non-hydrogen) atoms. The molecule has 2 aromatic rings. The molecule has 0 aromatic heterocycles. The van der Waals surface area contributed by atoms with E-state index in [9.17, 15) is 9.18 Å². The molecule has 0 N–H and O–H groups in total. The SMILES string of the molecule is O=C(c1cc(Br)cc(Br)c1)c1cccc(Br)c1F. The van der Waals surface area contributed by atoms with E-state index in [1.807, 2.05) is 6.07 Å². The van der Waals surface area contributed by atoms with Crippen molar-refractivity contribution in [1.29, 1.82) is 0 Å². The highest BCUT2D eigenvalue weighted by Crippen LogP contribution is 2.25. The van der Waals surface area contributed by atoms with Gasteiger partial charge in [-0.1, -0.05) is 37.9 Å². The summed E-state index contributed by atoms with van der Waals surface area (Å²) in [5.41, 5.74) is 0.475. The van der Waals surface area contributed by atoms with Crippen LogP contribution in [0.2, 0.25) is 0 Å². The van der Waals surface area contributed by atoms with Crippen molar-refractivity contribution in [3.05, 3.63) is 66.8 Å². The van der Waals surface area contributed by atoms with Crippen LogP contribution in [0.15, 0.2) is 49.8 Å². The van der Waals surface area contributed by atoms with Crippen molar-refractivity contribution >= 4 is 53.6 Å². The second-order valence-corrected chi connectivity index (χ2v) is 6.27. The summed E-state index contributed by atoms with van der Waals surface area (Å²) in [4.78, 5) is 12.2. The molecule has 0 fully saturated rings. The third kappa shape index (κ3) is 2.90. The minimum atomic E-state index is -0.543. The maximum atomic E-state index is 13.8. The molecule has 0 bridgehead atoms. The number of rotatable bonds is 2. The standard InChI is InChI=1S/C13H6Br3FO/c14-8-4-7(5-9(15)6-8)13(18)10-2-1-3-11(16)12(10)17/h1-6H. The molecule has 1 nitrogen and oxygen atoms in total. The monoisotopic (exact) mass is 434 g/mol. The van der Waals surface area contributed by atoms with Crippen molar-refractivity contribution in [2.24, 2.45) is 0 Å². The molecule has 2 aromatic carbocycles. The molecule has 0 spiro atoms. The van der Waals surface area contributed by atoms with Gasteiger partial charge in [-0.05, 0) is 46.3 Å². The van der Waals surface area contributed by atoms with E-state index in [1.54, 1.807) is 24.3 Å². The molecular weight excluding hydrogens is 431 g/mol. The quantitative estimate of drug-likeness (QED) is 0.580. The maximum Gasteiger partial charge on any atom is 0.196 e. The van der Waals surface area contributed by atoms with Gasteiger partial charge < -0.3 is 0 Å². The molecule has 0 heterocycles. The zero-order valence-corrected chi connectivity index (χ0v) is 13.6. The largest absolute Gasteiger partial charge is 0.288 e. The number of benzene rings is 2. The summed E-state index contributed by atoms with van der Waals surface area (Å²) in [5.74, 6) is -0.894. The van der Waals surface area contributed by atoms with Gasteiger partial charge in [0.15, 0.2) is 5.78 Å². The fourth-order valence-corrected chi connectivity index (χ4v) is 3.18. The molecule has 0 aliphatic carbocycles. The summed E-state index contributed by atoms with van der Waals surface area (Å²) in [7, 11) is 0. The Kier molecular flexibility index (Phi) is 4.35. The van der Waals surface area contributed by atoms with E-state index in [0.717, 1.165) is 8.95 Å². The highest BCUT2D eigenvalue weighted by Gasteiger charge is 2.16. The van der Waals surface area contributed by atoms with Crippen LogP contribution in [0.4, 0.5) is 4.39 Å². The lowest BCUT2D eigenvalue weighted by molar-refractivity contribution is 0.103. The van der Waals surface area contributed by atoms with Gasteiger partial charge in [0, 0.05) is 14.5 Å². The highest BCUT2D eigenvalue weighted by atomic mass is 79.9. The van der Waals surface area contributed by atoms with Crippen molar-refractivity contribution in [3.63, 3.8) is 0 Å². The third-order valence-electron chi connectivity index (χ3n) is 2.32. The Bertz CT molecular complexity index is 605. The van der Waals surface area contributed by atoms with Crippen LogP contribution in [-0.4, -0.2) is 5.78 Å². The third-order valence-corrected chi connectivity index (χ3v) is 3.85. The molecule has 0 saturated heterocycles. The van der Waals surface area contributed by atoms with Crippen molar-refractivity contribution in [1.82, 2.24) is 0 Å². The number of carbonyl (C=O) groups is 1. The fourth-order valence-electron chi connectivity index (χ4n) is 1.52. The summed E-state index contributed by atoms with van der Waals surface area (Å²) in [6.45, 7) is 0. The maximum absolute atomic E-state index is 13.8. The van der Waals surface area contributed by atoms with Crippen LogP contribution in [-0.2, 0) is 0 Å². The van der Waals surface area contributed by atoms with Gasteiger partial charge in [-0.2, -0.15) is 0 Å². The minimum Gasteiger partial charge on any atom is -0.288 e. The van der Waals surface area contributed by atoms with Crippen molar-refractivity contribution in [2.75, 3.05) is 0 Å². The van der Waals surface area contributed by atoms with Crippen molar-refractivity contribution in [2.45, 2.75) is 0 Å². The Hall–Kier alpha value is -0.520. The molecule has 0 atom stereocenters. The lowest BCUT2D eigenvalue weighted by Gasteiger charge is -2.05. The lowest BCUT2D eigenvalue weighted by atomic mass is 10.0. The molecular formula is C13H6Br3FO. The van der Waals surface area contributed by atoms with E-state index in [4.69, 9.17) is 0 Å². The Morgan fingerprint density at radius 3 is 2.22 bits per heavy atom. The van der Waals surface area contributed by atoms with E-state index in [2.05, 4.69) is 47.8 Å². The molecule has 0 unspecified atom stereocenters. The summed E-state index contributed by atoms with van der Waals surface area (Å²) < 4.78 is 15.6. The normalized spacial score (nSPS) is 10.4. The van der Waals surface area contributed by atoms with Crippen molar-refractivity contribution < 1.29 is 9.18 Å². The van der Waals surface area contributed by atoms with Crippen molar-refractivity contribution in [3.8, 4) is 0 Å². The highest BCUT2D eigenvalue weighted by molar-refractivity contribution is 9.11. The average Bonchev–Trinajstić information content (AvgIpc) is 2.30. The number of hydrogen-bond acceptors (Lipinski definition) is 1. The van der Waals surface area contributed by atoms with Crippen LogP contribution < -0.4 is 0 Å². The van der Waals surface area contributed by atoms with Crippen LogP contribution in [0.3, 0.4) is 0 Å². The molecule has 0 amide bonds. The van der Waals surface area contributed by atoms with Crippen LogP contribution in [0.1, 0.15) is 15.9 Å². The fraction of sp³-hybridized carbons (Fsp3) is 0. The molecule has 92 valence electrons. The summed E-state index contributed by atoms with van der Waals surface area (Å²) in [6.07, 6.45) is 0.